The molecule has 1 atom stereocenters. The van der Waals surface area contributed by atoms with Gasteiger partial charge in [0.1, 0.15) is 0 Å². The van der Waals surface area contributed by atoms with E-state index in [0.717, 1.165) is 12.5 Å². The third-order valence-corrected chi connectivity index (χ3v) is 4.39. The molecule has 0 spiro atoms. The molecule has 2 heteroatoms. The lowest BCUT2D eigenvalue weighted by Gasteiger charge is -2.08. The second kappa shape index (κ2) is 6.75. The third kappa shape index (κ3) is 4.12. The number of hydrogen-bond acceptors (Lipinski definition) is 2. The van der Waals surface area contributed by atoms with Crippen LogP contribution in [0.3, 0.4) is 0 Å². The third-order valence-electron chi connectivity index (χ3n) is 3.16. The molecule has 1 aliphatic rings. The van der Waals surface area contributed by atoms with Gasteiger partial charge in [0.25, 0.3) is 0 Å². The van der Waals surface area contributed by atoms with Crippen molar-refractivity contribution in [3.63, 3.8) is 0 Å². The van der Waals surface area contributed by atoms with Crippen LogP contribution in [0.2, 0.25) is 0 Å². The van der Waals surface area contributed by atoms with Gasteiger partial charge in [0, 0.05) is 0 Å². The maximum absolute atomic E-state index is 5.64. The molecule has 1 heterocycles. The smallest absolute Gasteiger partial charge is 0.0876 e. The van der Waals surface area contributed by atoms with E-state index in [1.54, 1.807) is 0 Å². The molecule has 0 amide bonds. The zero-order valence-corrected chi connectivity index (χ0v) is 11.2. The normalized spacial score (nSPS) is 20.5. The summed E-state index contributed by atoms with van der Waals surface area (Å²) in [5.74, 6) is 3.54. The van der Waals surface area contributed by atoms with Crippen molar-refractivity contribution in [3.8, 4) is 0 Å². The number of benzene rings is 1. The molecule has 0 N–H and O–H groups in total. The summed E-state index contributed by atoms with van der Waals surface area (Å²) in [6, 6.07) is 10.4. The van der Waals surface area contributed by atoms with Gasteiger partial charge >= 0.3 is 0 Å². The topological polar surface area (TPSA) is 9.23 Å². The largest absolute Gasteiger partial charge is 0.501 e. The Hall–Kier alpha value is -0.890. The molecule has 92 valence electrons. The first-order chi connectivity index (χ1) is 8.36. The summed E-state index contributed by atoms with van der Waals surface area (Å²) < 4.78 is 5.64. The predicted octanol–water partition coefficient (Wildman–Crippen LogP) is 4.21. The lowest BCUT2D eigenvalue weighted by atomic mass is 10.1. The van der Waals surface area contributed by atoms with E-state index in [9.17, 15) is 0 Å². The first kappa shape index (κ1) is 12.6. The van der Waals surface area contributed by atoms with Gasteiger partial charge in [-0.25, -0.2) is 0 Å². The van der Waals surface area contributed by atoms with Crippen LogP contribution in [0.1, 0.15) is 25.3 Å². The highest BCUT2D eigenvalue weighted by Gasteiger charge is 2.14. The highest BCUT2D eigenvalue weighted by molar-refractivity contribution is 7.99. The average Bonchev–Trinajstić information content (AvgIpc) is 2.88. The second-order valence-corrected chi connectivity index (χ2v) is 5.71. The maximum atomic E-state index is 5.64. The molecule has 1 aromatic carbocycles. The Morgan fingerprint density at radius 3 is 2.94 bits per heavy atom. The van der Waals surface area contributed by atoms with E-state index >= 15 is 0 Å². The Kier molecular flexibility index (Phi) is 4.99. The van der Waals surface area contributed by atoms with E-state index < -0.39 is 0 Å². The van der Waals surface area contributed by atoms with Crippen molar-refractivity contribution in [1.82, 2.24) is 0 Å². The molecule has 1 aliphatic heterocycles. The van der Waals surface area contributed by atoms with Crippen molar-refractivity contribution in [1.29, 1.82) is 0 Å². The highest BCUT2D eigenvalue weighted by Crippen LogP contribution is 2.26. The van der Waals surface area contributed by atoms with Gasteiger partial charge in [-0.3, -0.25) is 0 Å². The number of ether oxygens (including phenoxy) is 1. The van der Waals surface area contributed by atoms with E-state index in [1.165, 1.54) is 35.5 Å². The Balaban J connectivity index is 1.72. The zero-order valence-electron chi connectivity index (χ0n) is 10.4. The van der Waals surface area contributed by atoms with E-state index in [-0.39, 0.29) is 0 Å². The van der Waals surface area contributed by atoms with Crippen molar-refractivity contribution in [3.05, 3.63) is 42.2 Å². The minimum Gasteiger partial charge on any atom is -0.501 e. The lowest BCUT2D eigenvalue weighted by Crippen LogP contribution is -2.01. The molecule has 0 aromatic heterocycles. The first-order valence-electron chi connectivity index (χ1n) is 6.28. The molecular formula is C15H20OS. The molecule has 1 nitrogen and oxygen atoms in total. The molecule has 0 radical (unpaired) electrons. The SMILES string of the molecule is C/C(=C/OCCC1CCSC1)c1ccccc1. The molecule has 0 aliphatic carbocycles. The van der Waals surface area contributed by atoms with E-state index in [4.69, 9.17) is 4.74 Å². The van der Waals surface area contributed by atoms with Crippen molar-refractivity contribution >= 4 is 17.3 Å². The van der Waals surface area contributed by atoms with E-state index in [1.807, 2.05) is 12.3 Å². The molecule has 1 saturated heterocycles. The van der Waals surface area contributed by atoms with Crippen LogP contribution in [0.5, 0.6) is 0 Å². The highest BCUT2D eigenvalue weighted by atomic mass is 32.2. The van der Waals surface area contributed by atoms with Gasteiger partial charge in [-0.05, 0) is 48.3 Å². The van der Waals surface area contributed by atoms with Crippen molar-refractivity contribution in [2.24, 2.45) is 5.92 Å². The molecule has 1 aromatic rings. The van der Waals surface area contributed by atoms with Crippen LogP contribution < -0.4 is 0 Å². The fourth-order valence-corrected chi connectivity index (χ4v) is 3.33. The van der Waals surface area contributed by atoms with Crippen LogP contribution in [0.15, 0.2) is 36.6 Å². The van der Waals surface area contributed by atoms with Crippen LogP contribution in [0.4, 0.5) is 0 Å². The van der Waals surface area contributed by atoms with Crippen LogP contribution in [0.25, 0.3) is 5.57 Å². The van der Waals surface area contributed by atoms with E-state index in [0.29, 0.717) is 0 Å². The van der Waals surface area contributed by atoms with Gasteiger partial charge in [-0.1, -0.05) is 30.3 Å². The van der Waals surface area contributed by atoms with Gasteiger partial charge in [0.05, 0.1) is 12.9 Å². The summed E-state index contributed by atoms with van der Waals surface area (Å²) in [6.45, 7) is 2.95. The zero-order chi connectivity index (χ0) is 11.9. The molecule has 1 fully saturated rings. The summed E-state index contributed by atoms with van der Waals surface area (Å²) in [7, 11) is 0. The van der Waals surface area contributed by atoms with Gasteiger partial charge in [0.2, 0.25) is 0 Å². The summed E-state index contributed by atoms with van der Waals surface area (Å²) in [5, 5.41) is 0. The molecule has 1 unspecified atom stereocenters. The number of thioether (sulfide) groups is 1. The minimum atomic E-state index is 0.857. The Bertz CT molecular complexity index is 352. The maximum Gasteiger partial charge on any atom is 0.0876 e. The molecular weight excluding hydrogens is 228 g/mol. The van der Waals surface area contributed by atoms with Crippen LogP contribution in [-0.2, 0) is 4.74 Å². The summed E-state index contributed by atoms with van der Waals surface area (Å²) in [6.07, 6.45) is 4.47. The Morgan fingerprint density at radius 1 is 1.41 bits per heavy atom. The average molecular weight is 248 g/mol. The van der Waals surface area contributed by atoms with Gasteiger partial charge < -0.3 is 4.74 Å². The first-order valence-corrected chi connectivity index (χ1v) is 7.43. The van der Waals surface area contributed by atoms with Gasteiger partial charge in [-0.15, -0.1) is 0 Å². The van der Waals surface area contributed by atoms with Crippen molar-refractivity contribution in [2.75, 3.05) is 18.1 Å². The lowest BCUT2D eigenvalue weighted by molar-refractivity contribution is 0.228. The summed E-state index contributed by atoms with van der Waals surface area (Å²) in [4.78, 5) is 0. The standard InChI is InChI=1S/C15H20OS/c1-13(15-5-3-2-4-6-15)11-16-9-7-14-8-10-17-12-14/h2-6,11,14H,7-10,12H2,1H3/b13-11-. The molecule has 17 heavy (non-hydrogen) atoms. The fraction of sp³-hybridized carbons (Fsp3) is 0.467. The molecule has 2 rings (SSSR count). The quantitative estimate of drug-likeness (QED) is 0.570. The van der Waals surface area contributed by atoms with Crippen molar-refractivity contribution in [2.45, 2.75) is 19.8 Å². The predicted molar refractivity (Wildman–Crippen MR) is 76.1 cm³/mol. The summed E-state index contributed by atoms with van der Waals surface area (Å²) in [5.41, 5.74) is 2.44. The Morgan fingerprint density at radius 2 is 2.24 bits per heavy atom. The minimum absolute atomic E-state index is 0.857. The Labute approximate surface area is 108 Å². The van der Waals surface area contributed by atoms with Gasteiger partial charge in [0.15, 0.2) is 0 Å². The van der Waals surface area contributed by atoms with Crippen LogP contribution in [-0.4, -0.2) is 18.1 Å². The van der Waals surface area contributed by atoms with Crippen LogP contribution >= 0.6 is 11.8 Å². The molecule has 0 saturated carbocycles. The number of allylic oxidation sites excluding steroid dienone is 1. The van der Waals surface area contributed by atoms with Crippen LogP contribution in [0, 0.1) is 5.92 Å². The monoisotopic (exact) mass is 248 g/mol. The van der Waals surface area contributed by atoms with Crippen molar-refractivity contribution < 1.29 is 4.74 Å². The van der Waals surface area contributed by atoms with E-state index in [2.05, 4.69) is 43.0 Å². The second-order valence-electron chi connectivity index (χ2n) is 4.56. The molecule has 0 bridgehead atoms. The van der Waals surface area contributed by atoms with Gasteiger partial charge in [-0.2, -0.15) is 11.8 Å². The summed E-state index contributed by atoms with van der Waals surface area (Å²) >= 11 is 2.07. The number of hydrogen-bond donors (Lipinski definition) is 0. The fourth-order valence-electron chi connectivity index (χ4n) is 2.00. The number of rotatable bonds is 5.